The van der Waals surface area contributed by atoms with Crippen molar-refractivity contribution in [2.24, 2.45) is 5.73 Å². The number of hydrogen-bond donors (Lipinski definition) is 3. The van der Waals surface area contributed by atoms with Crippen molar-refractivity contribution in [2.45, 2.75) is 25.3 Å². The van der Waals surface area contributed by atoms with Crippen LogP contribution in [0.4, 0.5) is 0 Å². The van der Waals surface area contributed by atoms with Gasteiger partial charge in [-0.25, -0.2) is 0 Å². The van der Waals surface area contributed by atoms with Crippen LogP contribution in [0.25, 0.3) is 0 Å². The molecule has 0 aromatic carbocycles. The predicted octanol–water partition coefficient (Wildman–Crippen LogP) is -0.652. The minimum absolute atomic E-state index is 0.0119. The van der Waals surface area contributed by atoms with Crippen LogP contribution in [0.2, 0.25) is 0 Å². The monoisotopic (exact) mass is 262 g/mol. The second-order valence-corrected chi connectivity index (χ2v) is 3.84. The molecule has 18 heavy (non-hydrogen) atoms. The Morgan fingerprint density at radius 2 is 2.06 bits per heavy atom. The molecule has 0 aliphatic heterocycles. The number of carboxylic acids is 1. The summed E-state index contributed by atoms with van der Waals surface area (Å²) < 4.78 is 9.79. The lowest BCUT2D eigenvalue weighted by atomic mass is 10.1. The molecule has 0 aromatic heterocycles. The summed E-state index contributed by atoms with van der Waals surface area (Å²) in [7, 11) is 1.56. The van der Waals surface area contributed by atoms with Gasteiger partial charge >= 0.3 is 5.97 Å². The van der Waals surface area contributed by atoms with E-state index in [0.29, 0.717) is 39.0 Å². The maximum atomic E-state index is 11.2. The van der Waals surface area contributed by atoms with E-state index >= 15 is 0 Å². The standard InChI is InChI=1S/C11H22N2O5/c1-17-6-7-18-8-10(14)13-5-3-2-4-9(12)11(15)16/h9H,2-8,12H2,1H3,(H,13,14)(H,15,16). The van der Waals surface area contributed by atoms with Crippen LogP contribution in [0.3, 0.4) is 0 Å². The zero-order valence-electron chi connectivity index (χ0n) is 10.7. The van der Waals surface area contributed by atoms with Gasteiger partial charge in [0.1, 0.15) is 12.6 Å². The molecule has 1 unspecified atom stereocenters. The van der Waals surface area contributed by atoms with E-state index in [1.165, 1.54) is 0 Å². The topological polar surface area (TPSA) is 111 Å². The van der Waals surface area contributed by atoms with Crippen LogP contribution in [0.15, 0.2) is 0 Å². The van der Waals surface area contributed by atoms with Crippen molar-refractivity contribution >= 4 is 11.9 Å². The Hall–Kier alpha value is -1.18. The quantitative estimate of drug-likeness (QED) is 0.427. The van der Waals surface area contributed by atoms with Crippen molar-refractivity contribution in [3.05, 3.63) is 0 Å². The number of nitrogens with two attached hydrogens (primary N) is 1. The number of carbonyl (C=O) groups excluding carboxylic acids is 1. The SMILES string of the molecule is COCCOCC(=O)NCCCCC(N)C(=O)O. The largest absolute Gasteiger partial charge is 0.480 e. The van der Waals surface area contributed by atoms with Crippen LogP contribution in [0, 0.1) is 0 Å². The molecule has 0 saturated carbocycles. The Bertz CT molecular complexity index is 248. The maximum Gasteiger partial charge on any atom is 0.320 e. The van der Waals surface area contributed by atoms with E-state index < -0.39 is 12.0 Å². The van der Waals surface area contributed by atoms with Crippen LogP contribution in [0.5, 0.6) is 0 Å². The fourth-order valence-corrected chi connectivity index (χ4v) is 1.20. The summed E-state index contributed by atoms with van der Waals surface area (Å²) in [5.41, 5.74) is 5.33. The summed E-state index contributed by atoms with van der Waals surface area (Å²) in [5, 5.41) is 11.2. The first kappa shape index (κ1) is 16.8. The number of amides is 1. The molecule has 0 bridgehead atoms. The van der Waals surface area contributed by atoms with Crippen molar-refractivity contribution in [1.29, 1.82) is 0 Å². The number of carboxylic acid groups (broad SMARTS) is 1. The number of ether oxygens (including phenoxy) is 2. The zero-order chi connectivity index (χ0) is 13.8. The smallest absolute Gasteiger partial charge is 0.320 e. The predicted molar refractivity (Wildman–Crippen MR) is 65.2 cm³/mol. The van der Waals surface area contributed by atoms with Gasteiger partial charge in [-0.2, -0.15) is 0 Å². The summed E-state index contributed by atoms with van der Waals surface area (Å²) >= 11 is 0. The highest BCUT2D eigenvalue weighted by Crippen LogP contribution is 1.98. The van der Waals surface area contributed by atoms with Crippen LogP contribution in [-0.4, -0.2) is 56.5 Å². The molecule has 0 aromatic rings. The normalized spacial score (nSPS) is 12.1. The molecule has 7 nitrogen and oxygen atoms in total. The van der Waals surface area contributed by atoms with Crippen molar-refractivity contribution in [3.8, 4) is 0 Å². The highest BCUT2D eigenvalue weighted by atomic mass is 16.5. The summed E-state index contributed by atoms with van der Waals surface area (Å²) in [4.78, 5) is 21.6. The summed E-state index contributed by atoms with van der Waals surface area (Å²) in [6.45, 7) is 1.36. The molecule has 106 valence electrons. The average Bonchev–Trinajstić information content (AvgIpc) is 2.33. The Balaban J connectivity index is 3.32. The van der Waals surface area contributed by atoms with Crippen molar-refractivity contribution in [2.75, 3.05) is 33.5 Å². The van der Waals surface area contributed by atoms with E-state index in [4.69, 9.17) is 20.3 Å². The highest BCUT2D eigenvalue weighted by molar-refractivity contribution is 5.77. The van der Waals surface area contributed by atoms with Crippen LogP contribution >= 0.6 is 0 Å². The van der Waals surface area contributed by atoms with Gasteiger partial charge in [-0.05, 0) is 19.3 Å². The van der Waals surface area contributed by atoms with Gasteiger partial charge in [-0.3, -0.25) is 9.59 Å². The van der Waals surface area contributed by atoms with Crippen LogP contribution < -0.4 is 11.1 Å². The molecule has 0 rings (SSSR count). The van der Waals surface area contributed by atoms with E-state index in [2.05, 4.69) is 5.32 Å². The van der Waals surface area contributed by atoms with Gasteiger partial charge in [0.2, 0.25) is 5.91 Å². The first-order valence-electron chi connectivity index (χ1n) is 5.89. The number of unbranched alkanes of at least 4 members (excludes halogenated alkanes) is 1. The number of methoxy groups -OCH3 is 1. The Labute approximate surface area is 107 Å². The molecule has 0 heterocycles. The van der Waals surface area contributed by atoms with Gasteiger partial charge in [-0.15, -0.1) is 0 Å². The number of nitrogens with one attached hydrogen (secondary N) is 1. The van der Waals surface area contributed by atoms with E-state index in [9.17, 15) is 9.59 Å². The number of carbonyl (C=O) groups is 2. The number of rotatable bonds is 11. The molecule has 7 heteroatoms. The Kier molecular flexibility index (Phi) is 10.2. The van der Waals surface area contributed by atoms with Crippen LogP contribution in [-0.2, 0) is 19.1 Å². The average molecular weight is 262 g/mol. The van der Waals surface area contributed by atoms with E-state index in [1.807, 2.05) is 0 Å². The first-order chi connectivity index (χ1) is 8.57. The van der Waals surface area contributed by atoms with Gasteiger partial charge in [0.05, 0.1) is 13.2 Å². The summed E-state index contributed by atoms with van der Waals surface area (Å²) in [6, 6.07) is -0.821. The van der Waals surface area contributed by atoms with Crippen molar-refractivity contribution < 1.29 is 24.2 Å². The second-order valence-electron chi connectivity index (χ2n) is 3.84. The fourth-order valence-electron chi connectivity index (χ4n) is 1.20. The molecule has 0 aliphatic carbocycles. The molecular weight excluding hydrogens is 240 g/mol. The summed E-state index contributed by atoms with van der Waals surface area (Å²) in [5.74, 6) is -1.18. The maximum absolute atomic E-state index is 11.2. The lowest BCUT2D eigenvalue weighted by Gasteiger charge is -2.07. The Morgan fingerprint density at radius 1 is 1.33 bits per heavy atom. The minimum atomic E-state index is -0.995. The Morgan fingerprint density at radius 3 is 2.67 bits per heavy atom. The van der Waals surface area contributed by atoms with E-state index in [-0.39, 0.29) is 12.5 Å². The molecule has 0 spiro atoms. The van der Waals surface area contributed by atoms with E-state index in [0.717, 1.165) is 0 Å². The van der Waals surface area contributed by atoms with E-state index in [1.54, 1.807) is 7.11 Å². The molecule has 4 N–H and O–H groups in total. The lowest BCUT2D eigenvalue weighted by molar-refractivity contribution is -0.138. The third-order valence-electron chi connectivity index (χ3n) is 2.25. The zero-order valence-corrected chi connectivity index (χ0v) is 10.7. The lowest BCUT2D eigenvalue weighted by Crippen LogP contribution is -2.31. The molecule has 0 saturated heterocycles. The molecule has 1 atom stereocenters. The minimum Gasteiger partial charge on any atom is -0.480 e. The van der Waals surface area contributed by atoms with Gasteiger partial charge < -0.3 is 25.6 Å². The molecule has 1 amide bonds. The van der Waals surface area contributed by atoms with Gasteiger partial charge in [0.15, 0.2) is 0 Å². The highest BCUT2D eigenvalue weighted by Gasteiger charge is 2.10. The third kappa shape index (κ3) is 10.0. The third-order valence-corrected chi connectivity index (χ3v) is 2.25. The summed E-state index contributed by atoms with van der Waals surface area (Å²) in [6.07, 6.45) is 1.78. The van der Waals surface area contributed by atoms with Crippen molar-refractivity contribution in [1.82, 2.24) is 5.32 Å². The molecular formula is C11H22N2O5. The molecule has 0 fully saturated rings. The van der Waals surface area contributed by atoms with Crippen molar-refractivity contribution in [3.63, 3.8) is 0 Å². The van der Waals surface area contributed by atoms with Gasteiger partial charge in [-0.1, -0.05) is 0 Å². The van der Waals surface area contributed by atoms with Gasteiger partial charge in [0.25, 0.3) is 0 Å². The van der Waals surface area contributed by atoms with Gasteiger partial charge in [0, 0.05) is 13.7 Å². The number of hydrogen-bond acceptors (Lipinski definition) is 5. The molecule has 0 aliphatic rings. The fraction of sp³-hybridized carbons (Fsp3) is 0.818. The molecule has 0 radical (unpaired) electrons. The number of aliphatic carboxylic acids is 1. The second kappa shape index (κ2) is 10.9. The van der Waals surface area contributed by atoms with Crippen LogP contribution in [0.1, 0.15) is 19.3 Å². The first-order valence-corrected chi connectivity index (χ1v) is 5.89.